The summed E-state index contributed by atoms with van der Waals surface area (Å²) in [6.07, 6.45) is 6.50. The molecule has 3 aromatic carbocycles. The zero-order valence-electron chi connectivity index (χ0n) is 18.9. The molecule has 4 unspecified atom stereocenters. The molecule has 0 radical (unpaired) electrons. The van der Waals surface area contributed by atoms with Crippen molar-refractivity contribution in [2.24, 2.45) is 23.7 Å². The van der Waals surface area contributed by atoms with E-state index in [1.165, 1.54) is 36.8 Å². The Kier molecular flexibility index (Phi) is 4.30. The second kappa shape index (κ2) is 7.30. The lowest BCUT2D eigenvalue weighted by Crippen LogP contribution is -2.40. The summed E-state index contributed by atoms with van der Waals surface area (Å²) >= 11 is 0. The molecule has 0 N–H and O–H groups in total. The minimum absolute atomic E-state index is 0.0547. The van der Waals surface area contributed by atoms with Crippen LogP contribution in [0.2, 0.25) is 0 Å². The molecule has 0 aromatic heterocycles. The Morgan fingerprint density at radius 2 is 1.15 bits per heavy atom. The van der Waals surface area contributed by atoms with Gasteiger partial charge in [0.25, 0.3) is 0 Å². The fourth-order valence-electron chi connectivity index (χ4n) is 7.69. The van der Waals surface area contributed by atoms with E-state index in [2.05, 4.69) is 24.3 Å². The van der Waals surface area contributed by atoms with Gasteiger partial charge in [0.1, 0.15) is 11.5 Å². The van der Waals surface area contributed by atoms with Crippen LogP contribution in [0.5, 0.6) is 11.5 Å². The third-order valence-electron chi connectivity index (χ3n) is 9.04. The summed E-state index contributed by atoms with van der Waals surface area (Å²) in [7, 11) is 0. The van der Waals surface area contributed by atoms with Gasteiger partial charge in [0.15, 0.2) is 0 Å². The van der Waals surface area contributed by atoms with E-state index in [0.29, 0.717) is 28.5 Å². The van der Waals surface area contributed by atoms with Gasteiger partial charge in [-0.05, 0) is 109 Å². The van der Waals surface area contributed by atoms with Crippen LogP contribution in [0.4, 0.5) is 0 Å². The summed E-state index contributed by atoms with van der Waals surface area (Å²) in [6, 6.07) is 22.7. The molecule has 3 saturated carbocycles. The lowest BCUT2D eigenvalue weighted by Gasteiger charge is -2.44. The van der Waals surface area contributed by atoms with Crippen molar-refractivity contribution in [1.29, 1.82) is 0 Å². The smallest absolute Gasteiger partial charge is 0.343 e. The molecule has 4 atom stereocenters. The predicted molar refractivity (Wildman–Crippen MR) is 127 cm³/mol. The predicted octanol–water partition coefficient (Wildman–Crippen LogP) is 6.18. The van der Waals surface area contributed by atoms with Crippen molar-refractivity contribution in [3.63, 3.8) is 0 Å². The molecular formula is C30H26O4. The zero-order valence-corrected chi connectivity index (χ0v) is 18.9. The van der Waals surface area contributed by atoms with Crippen LogP contribution in [0.15, 0.2) is 72.8 Å². The monoisotopic (exact) mass is 450 g/mol. The van der Waals surface area contributed by atoms with Crippen molar-refractivity contribution >= 4 is 11.9 Å². The highest BCUT2D eigenvalue weighted by Gasteiger charge is 2.61. The van der Waals surface area contributed by atoms with Gasteiger partial charge in [-0.3, -0.25) is 0 Å². The lowest BCUT2D eigenvalue weighted by atomic mass is 9.59. The minimum Gasteiger partial charge on any atom is -0.423 e. The molecule has 3 fully saturated rings. The van der Waals surface area contributed by atoms with Crippen molar-refractivity contribution in [3.05, 3.63) is 95.1 Å². The molecule has 10 rings (SSSR count). The molecule has 7 aliphatic rings. The van der Waals surface area contributed by atoms with E-state index in [0.717, 1.165) is 24.2 Å². The zero-order chi connectivity index (χ0) is 22.9. The number of hydrogen-bond donors (Lipinski definition) is 0. The fraction of sp³-hybridized carbons (Fsp3) is 0.333. The highest BCUT2D eigenvalue weighted by atomic mass is 16.5. The number of hydrogen-bond acceptors (Lipinski definition) is 4. The standard InChI is InChI=1S/C30H26O4/c31-28-18-4-5-19(7-6-18)29(32)34-24-14-10-22(11-15-24)30(21-8-12-23(33-28)13-9-21)17-20-16-27(30)26-3-1-2-25(20)26/h4-15,20,25-27H,1-3,16-17H2. The first-order valence-electron chi connectivity index (χ1n) is 12.4. The van der Waals surface area contributed by atoms with Crippen molar-refractivity contribution < 1.29 is 19.1 Å². The SMILES string of the molecule is O=C1Oc2ccc(cc2)C2(CC3CC2C2CCCC32)c2ccc(cc2)OC(=O)c2ccc1cc2. The van der Waals surface area contributed by atoms with Gasteiger partial charge in [-0.1, -0.05) is 30.7 Å². The number of rotatable bonds is 0. The Labute approximate surface area is 198 Å². The second-order valence-corrected chi connectivity index (χ2v) is 10.4. The first-order chi connectivity index (χ1) is 16.6. The molecule has 4 nitrogen and oxygen atoms in total. The molecule has 0 saturated heterocycles. The minimum atomic E-state index is -0.437. The maximum Gasteiger partial charge on any atom is 0.343 e. The average Bonchev–Trinajstić information content (AvgIpc) is 3.58. The maximum atomic E-state index is 12.7. The van der Waals surface area contributed by atoms with E-state index in [4.69, 9.17) is 9.47 Å². The Morgan fingerprint density at radius 1 is 0.647 bits per heavy atom. The molecule has 4 heteroatoms. The van der Waals surface area contributed by atoms with Crippen LogP contribution < -0.4 is 9.47 Å². The topological polar surface area (TPSA) is 52.6 Å². The van der Waals surface area contributed by atoms with Crippen molar-refractivity contribution in [3.8, 4) is 11.5 Å². The highest BCUT2D eigenvalue weighted by molar-refractivity contribution is 5.94. The van der Waals surface area contributed by atoms with Gasteiger partial charge in [-0.2, -0.15) is 0 Å². The third-order valence-corrected chi connectivity index (χ3v) is 9.04. The van der Waals surface area contributed by atoms with E-state index in [-0.39, 0.29) is 5.41 Å². The van der Waals surface area contributed by atoms with Crippen LogP contribution in [0.1, 0.15) is 63.9 Å². The molecule has 1 spiro atoms. The molecule has 3 aliphatic carbocycles. The normalized spacial score (nSPS) is 28.2. The first kappa shape index (κ1) is 20.0. The summed E-state index contributed by atoms with van der Waals surface area (Å²) in [6.45, 7) is 0. The number of fused-ring (bicyclic) bond motifs is 8. The molecule has 4 heterocycles. The van der Waals surface area contributed by atoms with Gasteiger partial charge in [0.05, 0.1) is 11.1 Å². The Bertz CT molecular complexity index is 1190. The maximum absolute atomic E-state index is 12.7. The number of esters is 2. The average molecular weight is 451 g/mol. The van der Waals surface area contributed by atoms with E-state index in [1.54, 1.807) is 24.3 Å². The van der Waals surface area contributed by atoms with E-state index in [1.807, 2.05) is 24.3 Å². The van der Waals surface area contributed by atoms with Gasteiger partial charge in [-0.25, -0.2) is 9.59 Å². The number of ether oxygens (including phenoxy) is 2. The van der Waals surface area contributed by atoms with Gasteiger partial charge < -0.3 is 9.47 Å². The molecule has 3 aromatic rings. The summed E-state index contributed by atoms with van der Waals surface area (Å²) in [5.41, 5.74) is 3.32. The molecule has 0 amide bonds. The fourth-order valence-corrected chi connectivity index (χ4v) is 7.69. The van der Waals surface area contributed by atoms with Crippen molar-refractivity contribution in [2.75, 3.05) is 0 Å². The largest absolute Gasteiger partial charge is 0.423 e. The van der Waals surface area contributed by atoms with Crippen LogP contribution in [0.3, 0.4) is 0 Å². The summed E-state index contributed by atoms with van der Waals surface area (Å²) in [5.74, 6) is 3.24. The Hall–Kier alpha value is -3.40. The number of benzene rings is 3. The quantitative estimate of drug-likeness (QED) is 0.303. The number of carbonyl (C=O) groups excluding carboxylic acids is 2. The molecule has 4 aliphatic heterocycles. The van der Waals surface area contributed by atoms with Crippen LogP contribution in [-0.4, -0.2) is 11.9 Å². The van der Waals surface area contributed by atoms with E-state index in [9.17, 15) is 9.59 Å². The second-order valence-electron chi connectivity index (χ2n) is 10.4. The van der Waals surface area contributed by atoms with Crippen molar-refractivity contribution in [1.82, 2.24) is 0 Å². The van der Waals surface area contributed by atoms with Crippen LogP contribution in [0, 0.1) is 23.7 Å². The van der Waals surface area contributed by atoms with E-state index < -0.39 is 11.9 Å². The van der Waals surface area contributed by atoms with Gasteiger partial charge in [0.2, 0.25) is 0 Å². The van der Waals surface area contributed by atoms with Gasteiger partial charge in [0, 0.05) is 5.41 Å². The van der Waals surface area contributed by atoms with Crippen LogP contribution in [-0.2, 0) is 5.41 Å². The van der Waals surface area contributed by atoms with E-state index >= 15 is 0 Å². The third kappa shape index (κ3) is 2.84. The summed E-state index contributed by atoms with van der Waals surface area (Å²) < 4.78 is 11.3. The molecule has 34 heavy (non-hydrogen) atoms. The highest BCUT2D eigenvalue weighted by Crippen LogP contribution is 2.68. The Morgan fingerprint density at radius 3 is 1.68 bits per heavy atom. The number of carbonyl (C=O) groups is 2. The van der Waals surface area contributed by atoms with Gasteiger partial charge >= 0.3 is 11.9 Å². The molecule has 8 bridgehead atoms. The molecular weight excluding hydrogens is 424 g/mol. The summed E-state index contributed by atoms with van der Waals surface area (Å²) in [5, 5.41) is 0. The summed E-state index contributed by atoms with van der Waals surface area (Å²) in [4.78, 5) is 25.3. The van der Waals surface area contributed by atoms with Gasteiger partial charge in [-0.15, -0.1) is 0 Å². The first-order valence-corrected chi connectivity index (χ1v) is 12.4. The van der Waals surface area contributed by atoms with Crippen molar-refractivity contribution in [2.45, 2.75) is 37.5 Å². The van der Waals surface area contributed by atoms with Crippen LogP contribution >= 0.6 is 0 Å². The lowest BCUT2D eigenvalue weighted by molar-refractivity contribution is 0.0720. The molecule has 170 valence electrons. The van der Waals surface area contributed by atoms with Crippen LogP contribution in [0.25, 0.3) is 0 Å². The Balaban J connectivity index is 1.37.